The maximum Gasteiger partial charge on any atom is 0.125 e. The van der Waals surface area contributed by atoms with Crippen LogP contribution in [0.5, 0.6) is 0 Å². The van der Waals surface area contributed by atoms with Gasteiger partial charge < -0.3 is 4.57 Å². The van der Waals surface area contributed by atoms with Crippen molar-refractivity contribution < 1.29 is 0 Å². The number of halogens is 1. The fourth-order valence-electron chi connectivity index (χ4n) is 2.44. The molecule has 0 amide bonds. The number of aryl methyl sites for hydroxylation is 1. The lowest BCUT2D eigenvalue weighted by Gasteiger charge is -2.16. The molecule has 0 aliphatic carbocycles. The van der Waals surface area contributed by atoms with Gasteiger partial charge in [0.25, 0.3) is 0 Å². The van der Waals surface area contributed by atoms with E-state index in [0.717, 1.165) is 16.9 Å². The average molecular weight is 291 g/mol. The Balaban J connectivity index is 2.23. The van der Waals surface area contributed by atoms with Gasteiger partial charge in [-0.1, -0.05) is 6.07 Å². The average Bonchev–Trinajstić information content (AvgIpc) is 3.04. The molecule has 0 fully saturated rings. The van der Waals surface area contributed by atoms with Gasteiger partial charge >= 0.3 is 0 Å². The van der Waals surface area contributed by atoms with Gasteiger partial charge in [0.05, 0.1) is 23.0 Å². The molecule has 0 N–H and O–H groups in total. The van der Waals surface area contributed by atoms with Gasteiger partial charge in [-0.15, -0.1) is 11.6 Å². The Labute approximate surface area is 121 Å². The monoisotopic (exact) mass is 290 g/mol. The summed E-state index contributed by atoms with van der Waals surface area (Å²) in [4.78, 5) is 4.64. The highest BCUT2D eigenvalue weighted by molar-refractivity contribution is 7.07. The first-order valence-electron chi connectivity index (χ1n) is 6.26. The number of benzene rings is 1. The number of alkyl halides is 1. The van der Waals surface area contributed by atoms with Crippen LogP contribution in [0.15, 0.2) is 35.0 Å². The normalized spacial score (nSPS) is 13.0. The first-order valence-corrected chi connectivity index (χ1v) is 7.74. The predicted molar refractivity (Wildman–Crippen MR) is 82.2 cm³/mol. The summed E-state index contributed by atoms with van der Waals surface area (Å²) < 4.78 is 2.25. The Bertz CT molecular complexity index is 700. The molecule has 0 bridgehead atoms. The molecular weight excluding hydrogens is 276 g/mol. The topological polar surface area (TPSA) is 17.8 Å². The summed E-state index contributed by atoms with van der Waals surface area (Å²) in [5, 5.41) is 4.29. The molecule has 1 atom stereocenters. The molecule has 4 heteroatoms. The smallest absolute Gasteiger partial charge is 0.125 e. The van der Waals surface area contributed by atoms with Crippen LogP contribution in [0, 0.1) is 6.92 Å². The van der Waals surface area contributed by atoms with Crippen molar-refractivity contribution in [1.29, 1.82) is 0 Å². The molecule has 1 unspecified atom stereocenters. The minimum Gasteiger partial charge on any atom is -0.320 e. The summed E-state index contributed by atoms with van der Waals surface area (Å²) in [6.45, 7) is 4.30. The minimum atomic E-state index is 0.256. The van der Waals surface area contributed by atoms with Gasteiger partial charge in [0.2, 0.25) is 0 Å². The van der Waals surface area contributed by atoms with E-state index < -0.39 is 0 Å². The molecule has 1 aromatic carbocycles. The highest BCUT2D eigenvalue weighted by atomic mass is 35.5. The zero-order valence-corrected chi connectivity index (χ0v) is 12.5. The fourth-order valence-corrected chi connectivity index (χ4v) is 3.38. The van der Waals surface area contributed by atoms with Crippen LogP contribution in [0.1, 0.15) is 29.9 Å². The van der Waals surface area contributed by atoms with Crippen LogP contribution in [0.4, 0.5) is 0 Å². The number of hydrogen-bond acceptors (Lipinski definition) is 2. The van der Waals surface area contributed by atoms with Crippen LogP contribution in [0.25, 0.3) is 11.0 Å². The second kappa shape index (κ2) is 4.99. The number of imidazole rings is 1. The molecule has 19 heavy (non-hydrogen) atoms. The summed E-state index contributed by atoms with van der Waals surface area (Å²) in [5.74, 6) is 1.36. The van der Waals surface area contributed by atoms with E-state index in [1.807, 2.05) is 0 Å². The molecule has 3 aromatic rings. The van der Waals surface area contributed by atoms with Gasteiger partial charge in [-0.25, -0.2) is 4.98 Å². The molecule has 0 spiro atoms. The second-order valence-corrected chi connectivity index (χ2v) is 5.80. The molecule has 2 heterocycles. The van der Waals surface area contributed by atoms with Crippen molar-refractivity contribution in [3.05, 3.63) is 52.0 Å². The van der Waals surface area contributed by atoms with Crippen molar-refractivity contribution in [1.82, 2.24) is 9.55 Å². The van der Waals surface area contributed by atoms with E-state index in [1.165, 1.54) is 11.1 Å². The lowest BCUT2D eigenvalue weighted by molar-refractivity contribution is 0.636. The van der Waals surface area contributed by atoms with Crippen molar-refractivity contribution in [3.63, 3.8) is 0 Å². The fraction of sp³-hybridized carbons (Fsp3) is 0.267. The third-order valence-corrected chi connectivity index (χ3v) is 4.39. The maximum atomic E-state index is 6.07. The Kier molecular flexibility index (Phi) is 3.33. The number of nitrogens with zero attached hydrogens (tertiary/aromatic N) is 2. The Morgan fingerprint density at radius 1 is 1.37 bits per heavy atom. The van der Waals surface area contributed by atoms with Crippen molar-refractivity contribution in [3.8, 4) is 0 Å². The van der Waals surface area contributed by atoms with Crippen LogP contribution >= 0.6 is 22.9 Å². The molecule has 0 aliphatic rings. The Morgan fingerprint density at radius 2 is 2.21 bits per heavy atom. The minimum absolute atomic E-state index is 0.256. The van der Waals surface area contributed by atoms with E-state index in [2.05, 4.69) is 58.4 Å². The molecule has 0 radical (unpaired) electrons. The lowest BCUT2D eigenvalue weighted by Crippen LogP contribution is -2.09. The van der Waals surface area contributed by atoms with Crippen molar-refractivity contribution in [2.45, 2.75) is 25.8 Å². The van der Waals surface area contributed by atoms with E-state index in [9.17, 15) is 0 Å². The van der Waals surface area contributed by atoms with Gasteiger partial charge in [-0.05, 0) is 53.9 Å². The summed E-state index contributed by atoms with van der Waals surface area (Å²) in [6.07, 6.45) is 0. The zero-order chi connectivity index (χ0) is 13.4. The van der Waals surface area contributed by atoms with Crippen LogP contribution in [0.3, 0.4) is 0 Å². The summed E-state index contributed by atoms with van der Waals surface area (Å²) in [7, 11) is 0. The number of thiophene rings is 1. The van der Waals surface area contributed by atoms with Gasteiger partial charge in [0, 0.05) is 0 Å². The summed E-state index contributed by atoms with van der Waals surface area (Å²) in [5.41, 5.74) is 4.72. The van der Waals surface area contributed by atoms with Gasteiger partial charge in [-0.2, -0.15) is 11.3 Å². The number of rotatable bonds is 3. The molecule has 2 aromatic heterocycles. The zero-order valence-electron chi connectivity index (χ0n) is 10.9. The summed E-state index contributed by atoms with van der Waals surface area (Å²) in [6, 6.07) is 8.76. The standard InChI is InChI=1S/C15H15ClN2S/c1-10-3-4-13-14(7-10)18(15(8-16)17-13)11(2)12-5-6-19-9-12/h3-7,9,11H,8H2,1-2H3. The molecule has 98 valence electrons. The molecule has 2 nitrogen and oxygen atoms in total. The molecule has 0 aliphatic heterocycles. The van der Waals surface area contributed by atoms with E-state index in [4.69, 9.17) is 11.6 Å². The highest BCUT2D eigenvalue weighted by Gasteiger charge is 2.17. The van der Waals surface area contributed by atoms with E-state index in [0.29, 0.717) is 5.88 Å². The number of fused-ring (bicyclic) bond motifs is 1. The van der Waals surface area contributed by atoms with E-state index >= 15 is 0 Å². The third-order valence-electron chi connectivity index (χ3n) is 3.45. The number of hydrogen-bond donors (Lipinski definition) is 0. The maximum absolute atomic E-state index is 6.07. The van der Waals surface area contributed by atoms with Crippen molar-refractivity contribution >= 4 is 34.0 Å². The molecular formula is C15H15ClN2S. The van der Waals surface area contributed by atoms with E-state index in [-0.39, 0.29) is 6.04 Å². The largest absolute Gasteiger partial charge is 0.320 e. The van der Waals surface area contributed by atoms with Gasteiger partial charge in [-0.3, -0.25) is 0 Å². The quantitative estimate of drug-likeness (QED) is 0.636. The lowest BCUT2D eigenvalue weighted by atomic mass is 10.1. The highest BCUT2D eigenvalue weighted by Crippen LogP contribution is 2.28. The van der Waals surface area contributed by atoms with Crippen LogP contribution < -0.4 is 0 Å². The predicted octanol–water partition coefficient (Wildman–Crippen LogP) is 4.75. The number of aromatic nitrogens is 2. The SMILES string of the molecule is Cc1ccc2nc(CCl)n(C(C)c3ccsc3)c2c1. The first kappa shape index (κ1) is 12.7. The Morgan fingerprint density at radius 3 is 2.89 bits per heavy atom. The van der Waals surface area contributed by atoms with Gasteiger partial charge in [0.1, 0.15) is 5.82 Å². The summed E-state index contributed by atoms with van der Waals surface area (Å²) >= 11 is 7.79. The van der Waals surface area contributed by atoms with Gasteiger partial charge in [0.15, 0.2) is 0 Å². The molecule has 0 saturated heterocycles. The van der Waals surface area contributed by atoms with Crippen LogP contribution in [0.2, 0.25) is 0 Å². The molecule has 0 saturated carbocycles. The third kappa shape index (κ3) is 2.17. The van der Waals surface area contributed by atoms with Crippen LogP contribution in [-0.4, -0.2) is 9.55 Å². The van der Waals surface area contributed by atoms with Crippen molar-refractivity contribution in [2.24, 2.45) is 0 Å². The first-order chi connectivity index (χ1) is 9.20. The van der Waals surface area contributed by atoms with Crippen molar-refractivity contribution in [2.75, 3.05) is 0 Å². The second-order valence-electron chi connectivity index (χ2n) is 4.76. The Hall–Kier alpha value is -1.32. The van der Waals surface area contributed by atoms with E-state index in [1.54, 1.807) is 11.3 Å². The van der Waals surface area contributed by atoms with Crippen LogP contribution in [-0.2, 0) is 5.88 Å². The molecule has 3 rings (SSSR count).